The number of thioether (sulfide) groups is 1. The number of nitrogens with zero attached hydrogens (tertiary/aromatic N) is 4. The number of benzene rings is 1. The van der Waals surface area contributed by atoms with Crippen molar-refractivity contribution in [3.8, 4) is 0 Å². The fourth-order valence-electron chi connectivity index (χ4n) is 2.50. The minimum absolute atomic E-state index is 0.0673. The van der Waals surface area contributed by atoms with E-state index in [2.05, 4.69) is 32.7 Å². The van der Waals surface area contributed by atoms with E-state index in [9.17, 15) is 13.2 Å². The first-order valence-electron chi connectivity index (χ1n) is 7.73. The van der Waals surface area contributed by atoms with E-state index in [1.165, 1.54) is 11.0 Å². The van der Waals surface area contributed by atoms with Crippen molar-refractivity contribution >= 4 is 23.2 Å². The molecule has 25 heavy (non-hydrogen) atoms. The van der Waals surface area contributed by atoms with Gasteiger partial charge in [0.05, 0.1) is 0 Å². The number of fused-ring (bicyclic) bond motifs is 1. The normalized spacial score (nSPS) is 16.1. The first-order valence-corrected chi connectivity index (χ1v) is 8.55. The molecule has 1 aliphatic rings. The number of anilines is 1. The zero-order chi connectivity index (χ0) is 17.5. The predicted octanol–water partition coefficient (Wildman–Crippen LogP) is 3.88. The average molecular weight is 365 g/mol. The summed E-state index contributed by atoms with van der Waals surface area (Å²) in [6, 6.07) is 13.2. The Labute approximate surface area is 145 Å². The van der Waals surface area contributed by atoms with Crippen molar-refractivity contribution in [3.63, 3.8) is 0 Å². The van der Waals surface area contributed by atoms with Crippen LogP contribution in [-0.2, 0) is 6.18 Å². The summed E-state index contributed by atoms with van der Waals surface area (Å²) < 4.78 is 39.6. The Morgan fingerprint density at radius 1 is 1.08 bits per heavy atom. The molecule has 5 nitrogen and oxygen atoms in total. The Kier molecular flexibility index (Phi) is 3.82. The van der Waals surface area contributed by atoms with Crippen LogP contribution >= 0.6 is 11.8 Å². The van der Waals surface area contributed by atoms with Crippen LogP contribution < -0.4 is 5.32 Å². The van der Waals surface area contributed by atoms with Crippen LogP contribution in [0.3, 0.4) is 0 Å². The SMILES string of the molecule is FC(F)(F)c1nnc2ccc(NCC3(Sc4ccccc4)CC3)nn12. The van der Waals surface area contributed by atoms with Crippen molar-refractivity contribution in [1.82, 2.24) is 19.8 Å². The van der Waals surface area contributed by atoms with Crippen molar-refractivity contribution < 1.29 is 13.2 Å². The number of halogens is 3. The van der Waals surface area contributed by atoms with Gasteiger partial charge in [-0.2, -0.15) is 17.7 Å². The molecule has 0 aliphatic heterocycles. The Hall–Kier alpha value is -2.29. The van der Waals surface area contributed by atoms with Gasteiger partial charge >= 0.3 is 6.18 Å². The van der Waals surface area contributed by atoms with Gasteiger partial charge in [0.1, 0.15) is 5.82 Å². The second kappa shape index (κ2) is 5.91. The minimum atomic E-state index is -4.59. The standard InChI is InChI=1S/C16H14F3N5S/c17-16(18,19)14-22-21-13-7-6-12(23-24(13)14)20-10-15(8-9-15)25-11-4-2-1-3-5-11/h1-7H,8-10H2,(H,20,23). The highest BCUT2D eigenvalue weighted by Gasteiger charge is 2.43. The zero-order valence-corrected chi connectivity index (χ0v) is 13.8. The van der Waals surface area contributed by atoms with E-state index in [4.69, 9.17) is 0 Å². The number of aromatic nitrogens is 4. The maximum atomic E-state index is 12.9. The van der Waals surface area contributed by atoms with Gasteiger partial charge in [-0.1, -0.05) is 18.2 Å². The molecule has 0 spiro atoms. The summed E-state index contributed by atoms with van der Waals surface area (Å²) >= 11 is 1.79. The molecule has 0 unspecified atom stereocenters. The summed E-state index contributed by atoms with van der Waals surface area (Å²) in [4.78, 5) is 1.18. The molecule has 0 atom stereocenters. The Bertz CT molecular complexity index is 890. The van der Waals surface area contributed by atoms with Crippen LogP contribution in [0.2, 0.25) is 0 Å². The number of hydrogen-bond acceptors (Lipinski definition) is 5. The lowest BCUT2D eigenvalue weighted by Crippen LogP contribution is -2.19. The smallest absolute Gasteiger partial charge is 0.367 e. The number of alkyl halides is 3. The number of nitrogens with one attached hydrogen (secondary N) is 1. The van der Waals surface area contributed by atoms with Gasteiger partial charge in [0.15, 0.2) is 5.65 Å². The molecular formula is C16H14F3N5S. The lowest BCUT2D eigenvalue weighted by Gasteiger charge is -2.16. The molecular weight excluding hydrogens is 351 g/mol. The predicted molar refractivity (Wildman–Crippen MR) is 88.5 cm³/mol. The molecule has 9 heteroatoms. The van der Waals surface area contributed by atoms with Crippen molar-refractivity contribution in [2.45, 2.75) is 28.7 Å². The van der Waals surface area contributed by atoms with Crippen LogP contribution in [0, 0.1) is 0 Å². The van der Waals surface area contributed by atoms with E-state index in [0.29, 0.717) is 12.4 Å². The van der Waals surface area contributed by atoms with Crippen LogP contribution in [0.1, 0.15) is 18.7 Å². The van der Waals surface area contributed by atoms with E-state index in [1.807, 2.05) is 18.2 Å². The topological polar surface area (TPSA) is 55.1 Å². The minimum Gasteiger partial charge on any atom is -0.367 e. The third-order valence-corrected chi connectivity index (χ3v) is 5.49. The fraction of sp³-hybridized carbons (Fsp3) is 0.312. The van der Waals surface area contributed by atoms with Gasteiger partial charge in [-0.25, -0.2) is 0 Å². The highest BCUT2D eigenvalue weighted by molar-refractivity contribution is 8.01. The lowest BCUT2D eigenvalue weighted by molar-refractivity contribution is -0.146. The van der Waals surface area contributed by atoms with Crippen LogP contribution in [-0.4, -0.2) is 31.1 Å². The van der Waals surface area contributed by atoms with E-state index in [-0.39, 0.29) is 10.4 Å². The van der Waals surface area contributed by atoms with E-state index < -0.39 is 12.0 Å². The second-order valence-corrected chi connectivity index (χ2v) is 7.50. The third kappa shape index (κ3) is 3.41. The summed E-state index contributed by atoms with van der Waals surface area (Å²) in [6.07, 6.45) is -2.48. The summed E-state index contributed by atoms with van der Waals surface area (Å²) in [7, 11) is 0. The largest absolute Gasteiger partial charge is 0.453 e. The highest BCUT2D eigenvalue weighted by Crippen LogP contribution is 2.51. The van der Waals surface area contributed by atoms with Gasteiger partial charge in [-0.15, -0.1) is 27.1 Å². The summed E-state index contributed by atoms with van der Waals surface area (Å²) in [5, 5.41) is 13.8. The number of rotatable bonds is 5. The third-order valence-electron chi connectivity index (χ3n) is 3.99. The van der Waals surface area contributed by atoms with Gasteiger partial charge in [0, 0.05) is 16.2 Å². The molecule has 1 aromatic carbocycles. The monoisotopic (exact) mass is 365 g/mol. The van der Waals surface area contributed by atoms with Crippen molar-refractivity contribution in [1.29, 1.82) is 0 Å². The highest BCUT2D eigenvalue weighted by atomic mass is 32.2. The van der Waals surface area contributed by atoms with Gasteiger partial charge in [-0.3, -0.25) is 0 Å². The van der Waals surface area contributed by atoms with Crippen LogP contribution in [0.25, 0.3) is 5.65 Å². The molecule has 1 N–H and O–H groups in total. The molecule has 0 amide bonds. The van der Waals surface area contributed by atoms with E-state index in [1.54, 1.807) is 17.8 Å². The lowest BCUT2D eigenvalue weighted by atomic mass is 10.4. The van der Waals surface area contributed by atoms with Gasteiger partial charge in [0.25, 0.3) is 5.82 Å². The molecule has 1 aliphatic carbocycles. The van der Waals surface area contributed by atoms with E-state index >= 15 is 0 Å². The summed E-state index contributed by atoms with van der Waals surface area (Å²) in [5.41, 5.74) is 0.0673. The molecule has 2 aromatic heterocycles. The molecule has 0 radical (unpaired) electrons. The Morgan fingerprint density at radius 3 is 2.52 bits per heavy atom. The van der Waals surface area contributed by atoms with Crippen LogP contribution in [0.5, 0.6) is 0 Å². The van der Waals surface area contributed by atoms with Gasteiger partial charge in [-0.05, 0) is 37.1 Å². The fourth-order valence-corrected chi connectivity index (χ4v) is 3.75. The van der Waals surface area contributed by atoms with Gasteiger partial charge in [0.2, 0.25) is 0 Å². The number of hydrogen-bond donors (Lipinski definition) is 1. The maximum absolute atomic E-state index is 12.9. The molecule has 0 bridgehead atoms. The van der Waals surface area contributed by atoms with E-state index in [0.717, 1.165) is 17.4 Å². The van der Waals surface area contributed by atoms with Gasteiger partial charge < -0.3 is 5.32 Å². The Balaban J connectivity index is 1.50. The van der Waals surface area contributed by atoms with Crippen molar-refractivity contribution in [3.05, 3.63) is 48.3 Å². The zero-order valence-electron chi connectivity index (χ0n) is 13.0. The molecule has 4 rings (SSSR count). The molecule has 1 saturated carbocycles. The van der Waals surface area contributed by atoms with Crippen molar-refractivity contribution in [2.75, 3.05) is 11.9 Å². The average Bonchev–Trinajstić information content (AvgIpc) is 3.20. The molecule has 0 saturated heterocycles. The Morgan fingerprint density at radius 2 is 1.84 bits per heavy atom. The summed E-state index contributed by atoms with van der Waals surface area (Å²) in [6.45, 7) is 0.633. The maximum Gasteiger partial charge on any atom is 0.453 e. The molecule has 1 fully saturated rings. The first-order chi connectivity index (χ1) is 12.0. The van der Waals surface area contributed by atoms with Crippen molar-refractivity contribution in [2.24, 2.45) is 0 Å². The van der Waals surface area contributed by atoms with Crippen LogP contribution in [0.15, 0.2) is 47.4 Å². The molecule has 3 aromatic rings. The quantitative estimate of drug-likeness (QED) is 0.744. The molecule has 2 heterocycles. The first kappa shape index (κ1) is 16.2. The second-order valence-electron chi connectivity index (χ2n) is 5.96. The molecule has 130 valence electrons. The van der Waals surface area contributed by atoms with Crippen LogP contribution in [0.4, 0.5) is 19.0 Å². The summed E-state index contributed by atoms with van der Waals surface area (Å²) in [5.74, 6) is -0.747.